The lowest BCUT2D eigenvalue weighted by atomic mass is 9.94. The van der Waals surface area contributed by atoms with Crippen LogP contribution in [0.2, 0.25) is 0 Å². The Morgan fingerprint density at radius 2 is 2.35 bits per heavy atom. The number of halogens is 1. The number of benzene rings is 1. The maximum Gasteiger partial charge on any atom is 0.222 e. The van der Waals surface area contributed by atoms with Crippen LogP contribution >= 0.6 is 0 Å². The molecular weight excluding hydrogens is 259 g/mol. The molecule has 1 heterocycles. The average Bonchev–Trinajstić information content (AvgIpc) is 2.39. The van der Waals surface area contributed by atoms with E-state index < -0.39 is 5.54 Å². The number of nitrogens with one attached hydrogen (secondary N) is 2. The largest absolute Gasteiger partial charge is 0.378 e. The van der Waals surface area contributed by atoms with Gasteiger partial charge in [0.1, 0.15) is 5.82 Å². The SMILES string of the molecule is CC(C)(NC(=O)CC1COCCN1)c1cccc(F)c1. The molecule has 4 nitrogen and oxygen atoms in total. The maximum absolute atomic E-state index is 13.3. The highest BCUT2D eigenvalue weighted by Gasteiger charge is 2.25. The van der Waals surface area contributed by atoms with Crippen molar-refractivity contribution in [2.75, 3.05) is 19.8 Å². The molecule has 2 N–H and O–H groups in total. The van der Waals surface area contributed by atoms with Gasteiger partial charge in [-0.2, -0.15) is 0 Å². The summed E-state index contributed by atoms with van der Waals surface area (Å²) < 4.78 is 18.6. The van der Waals surface area contributed by atoms with Crippen LogP contribution in [0.1, 0.15) is 25.8 Å². The molecule has 0 aliphatic carbocycles. The quantitative estimate of drug-likeness (QED) is 0.880. The van der Waals surface area contributed by atoms with Crippen molar-refractivity contribution >= 4 is 5.91 Å². The first-order chi connectivity index (χ1) is 9.47. The Hall–Kier alpha value is -1.46. The summed E-state index contributed by atoms with van der Waals surface area (Å²) in [5.41, 5.74) is 0.146. The molecule has 5 heteroatoms. The fourth-order valence-electron chi connectivity index (χ4n) is 2.32. The van der Waals surface area contributed by atoms with Gasteiger partial charge >= 0.3 is 0 Å². The number of rotatable bonds is 4. The predicted molar refractivity (Wildman–Crippen MR) is 74.8 cm³/mol. The van der Waals surface area contributed by atoms with Crippen LogP contribution in [-0.2, 0) is 15.1 Å². The molecule has 0 radical (unpaired) electrons. The van der Waals surface area contributed by atoms with Crippen LogP contribution in [0.3, 0.4) is 0 Å². The maximum atomic E-state index is 13.3. The zero-order valence-corrected chi connectivity index (χ0v) is 11.9. The van der Waals surface area contributed by atoms with Gasteiger partial charge in [-0.25, -0.2) is 4.39 Å². The number of ether oxygens (including phenoxy) is 1. The second kappa shape index (κ2) is 6.33. The number of hydrogen-bond acceptors (Lipinski definition) is 3. The van der Waals surface area contributed by atoms with Crippen molar-refractivity contribution in [3.8, 4) is 0 Å². The molecule has 1 aliphatic heterocycles. The molecule has 20 heavy (non-hydrogen) atoms. The van der Waals surface area contributed by atoms with Gasteiger partial charge in [-0.15, -0.1) is 0 Å². The van der Waals surface area contributed by atoms with Crippen LogP contribution in [0, 0.1) is 5.82 Å². The summed E-state index contributed by atoms with van der Waals surface area (Å²) in [4.78, 5) is 12.1. The van der Waals surface area contributed by atoms with Crippen molar-refractivity contribution in [2.45, 2.75) is 31.8 Å². The Balaban J connectivity index is 1.94. The van der Waals surface area contributed by atoms with Gasteiger partial charge in [0, 0.05) is 19.0 Å². The van der Waals surface area contributed by atoms with Crippen LogP contribution in [0.5, 0.6) is 0 Å². The van der Waals surface area contributed by atoms with Gasteiger partial charge < -0.3 is 15.4 Å². The summed E-state index contributed by atoms with van der Waals surface area (Å²) in [5, 5.41) is 6.18. The van der Waals surface area contributed by atoms with E-state index in [1.165, 1.54) is 12.1 Å². The van der Waals surface area contributed by atoms with Crippen molar-refractivity contribution in [3.63, 3.8) is 0 Å². The van der Waals surface area contributed by atoms with Gasteiger partial charge in [-0.05, 0) is 31.5 Å². The topological polar surface area (TPSA) is 50.4 Å². The highest BCUT2D eigenvalue weighted by molar-refractivity contribution is 5.77. The van der Waals surface area contributed by atoms with E-state index in [0.717, 1.165) is 12.1 Å². The summed E-state index contributed by atoms with van der Waals surface area (Å²) in [6.45, 7) is 5.74. The van der Waals surface area contributed by atoms with Crippen LogP contribution in [0.4, 0.5) is 4.39 Å². The van der Waals surface area contributed by atoms with E-state index in [2.05, 4.69) is 10.6 Å². The van der Waals surface area contributed by atoms with Crippen molar-refractivity contribution in [2.24, 2.45) is 0 Å². The van der Waals surface area contributed by atoms with Gasteiger partial charge in [0.15, 0.2) is 0 Å². The van der Waals surface area contributed by atoms with E-state index in [-0.39, 0.29) is 17.8 Å². The third kappa shape index (κ3) is 4.02. The van der Waals surface area contributed by atoms with Gasteiger partial charge in [0.2, 0.25) is 5.91 Å². The third-order valence-corrected chi connectivity index (χ3v) is 3.43. The standard InChI is InChI=1S/C15H21FN2O2/c1-15(2,11-4-3-5-12(16)8-11)18-14(19)9-13-10-20-7-6-17-13/h3-5,8,13,17H,6-7,9-10H2,1-2H3,(H,18,19). The lowest BCUT2D eigenvalue weighted by molar-refractivity contribution is -0.124. The zero-order valence-electron chi connectivity index (χ0n) is 11.9. The molecular formula is C15H21FN2O2. The summed E-state index contributed by atoms with van der Waals surface area (Å²) >= 11 is 0. The zero-order chi connectivity index (χ0) is 14.6. The Morgan fingerprint density at radius 3 is 3.00 bits per heavy atom. The minimum atomic E-state index is -0.602. The van der Waals surface area contributed by atoms with Gasteiger partial charge in [-0.1, -0.05) is 12.1 Å². The normalized spacial score (nSPS) is 19.6. The monoisotopic (exact) mass is 280 g/mol. The number of hydrogen-bond donors (Lipinski definition) is 2. The number of amides is 1. The molecule has 0 spiro atoms. The smallest absolute Gasteiger partial charge is 0.222 e. The summed E-state index contributed by atoms with van der Waals surface area (Å²) in [6.07, 6.45) is 0.360. The molecule has 1 atom stereocenters. The molecule has 0 bridgehead atoms. The van der Waals surface area contributed by atoms with E-state index in [9.17, 15) is 9.18 Å². The molecule has 0 saturated carbocycles. The molecule has 1 aromatic rings. The highest BCUT2D eigenvalue weighted by Crippen LogP contribution is 2.21. The average molecular weight is 280 g/mol. The molecule has 1 unspecified atom stereocenters. The first-order valence-corrected chi connectivity index (χ1v) is 6.85. The predicted octanol–water partition coefficient (Wildman–Crippen LogP) is 1.56. The molecule has 2 rings (SSSR count). The first-order valence-electron chi connectivity index (χ1n) is 6.85. The van der Waals surface area contributed by atoms with E-state index >= 15 is 0 Å². The summed E-state index contributed by atoms with van der Waals surface area (Å²) in [5.74, 6) is -0.366. The summed E-state index contributed by atoms with van der Waals surface area (Å²) in [7, 11) is 0. The van der Waals surface area contributed by atoms with E-state index in [4.69, 9.17) is 4.74 Å². The Morgan fingerprint density at radius 1 is 1.55 bits per heavy atom. The van der Waals surface area contributed by atoms with Gasteiger partial charge in [0.25, 0.3) is 0 Å². The van der Waals surface area contributed by atoms with Gasteiger partial charge in [-0.3, -0.25) is 4.79 Å². The minimum Gasteiger partial charge on any atom is -0.378 e. The fourth-order valence-corrected chi connectivity index (χ4v) is 2.32. The molecule has 110 valence electrons. The van der Waals surface area contributed by atoms with Crippen LogP contribution < -0.4 is 10.6 Å². The molecule has 0 aromatic heterocycles. The van der Waals surface area contributed by atoms with E-state index in [1.54, 1.807) is 6.07 Å². The lowest BCUT2D eigenvalue weighted by Crippen LogP contribution is -2.47. The fraction of sp³-hybridized carbons (Fsp3) is 0.533. The first kappa shape index (κ1) is 14.9. The van der Waals surface area contributed by atoms with Crippen molar-refractivity contribution in [1.82, 2.24) is 10.6 Å². The molecule has 1 aliphatic rings. The number of carbonyl (C=O) groups excluding carboxylic acids is 1. The number of carbonyl (C=O) groups is 1. The highest BCUT2D eigenvalue weighted by atomic mass is 19.1. The lowest BCUT2D eigenvalue weighted by Gasteiger charge is -2.29. The second-order valence-corrected chi connectivity index (χ2v) is 5.61. The molecule has 1 fully saturated rings. The summed E-state index contributed by atoms with van der Waals surface area (Å²) in [6, 6.07) is 6.35. The van der Waals surface area contributed by atoms with Crippen LogP contribution in [0.15, 0.2) is 24.3 Å². The molecule has 1 amide bonds. The Labute approximate surface area is 118 Å². The van der Waals surface area contributed by atoms with Crippen molar-refractivity contribution in [3.05, 3.63) is 35.6 Å². The van der Waals surface area contributed by atoms with Crippen molar-refractivity contribution < 1.29 is 13.9 Å². The van der Waals surface area contributed by atoms with E-state index in [0.29, 0.717) is 19.6 Å². The Bertz CT molecular complexity index is 471. The van der Waals surface area contributed by atoms with Gasteiger partial charge in [0.05, 0.1) is 18.8 Å². The van der Waals surface area contributed by atoms with Crippen LogP contribution in [0.25, 0.3) is 0 Å². The minimum absolute atomic E-state index is 0.0482. The van der Waals surface area contributed by atoms with Crippen molar-refractivity contribution in [1.29, 1.82) is 0 Å². The molecule has 1 aromatic carbocycles. The van der Waals surface area contributed by atoms with Crippen LogP contribution in [-0.4, -0.2) is 31.7 Å². The second-order valence-electron chi connectivity index (χ2n) is 5.61. The molecule has 1 saturated heterocycles. The Kier molecular flexibility index (Phi) is 4.73. The number of morpholine rings is 1. The van der Waals surface area contributed by atoms with E-state index in [1.807, 2.05) is 19.9 Å². The third-order valence-electron chi connectivity index (χ3n) is 3.43.